The molecule has 3 heteroatoms. The highest BCUT2D eigenvalue weighted by atomic mass is 31.1. The average Bonchev–Trinajstić information content (AvgIpc) is 2.38. The molecule has 0 amide bonds. The minimum Gasteiger partial charge on any atom is -0.367 e. The predicted octanol–water partition coefficient (Wildman–Crippen LogP) is 6.30. The zero-order valence-corrected chi connectivity index (χ0v) is 15.9. The third-order valence-corrected chi connectivity index (χ3v) is 9.85. The summed E-state index contributed by atoms with van der Waals surface area (Å²) in [5.41, 5.74) is 0. The highest BCUT2D eigenvalue weighted by molar-refractivity contribution is 7.59. The fourth-order valence-corrected chi connectivity index (χ4v) is 7.56. The molecule has 0 aromatic carbocycles. The van der Waals surface area contributed by atoms with Crippen molar-refractivity contribution >= 4 is 15.8 Å². The van der Waals surface area contributed by atoms with Crippen molar-refractivity contribution in [1.29, 1.82) is 0 Å². The number of hydrogen-bond donors (Lipinski definition) is 0. The molecule has 1 nitrogen and oxygen atoms in total. The largest absolute Gasteiger partial charge is 0.367 e. The van der Waals surface area contributed by atoms with Crippen LogP contribution in [0.5, 0.6) is 0 Å². The molecule has 0 saturated carbocycles. The van der Waals surface area contributed by atoms with E-state index in [0.717, 1.165) is 0 Å². The standard InChI is InChI=1S/C16H36OP2/c1-7-11-18(12-8-2)15(5)17-16(6)19(13-9-3)14-10-4/h15-16H,7-14H2,1-6H3. The second-order valence-electron chi connectivity index (χ2n) is 5.41. The van der Waals surface area contributed by atoms with E-state index < -0.39 is 0 Å². The number of hydrogen-bond acceptors (Lipinski definition) is 1. The first-order valence-electron chi connectivity index (χ1n) is 8.24. The lowest BCUT2D eigenvalue weighted by molar-refractivity contribution is 0.105. The van der Waals surface area contributed by atoms with Crippen molar-refractivity contribution in [1.82, 2.24) is 0 Å². The van der Waals surface area contributed by atoms with Gasteiger partial charge in [-0.3, -0.25) is 0 Å². The van der Waals surface area contributed by atoms with Crippen LogP contribution in [0.15, 0.2) is 0 Å². The van der Waals surface area contributed by atoms with Gasteiger partial charge in [-0.25, -0.2) is 0 Å². The molecule has 0 spiro atoms. The van der Waals surface area contributed by atoms with Gasteiger partial charge in [0.25, 0.3) is 0 Å². The van der Waals surface area contributed by atoms with E-state index in [4.69, 9.17) is 4.74 Å². The third-order valence-electron chi connectivity index (χ3n) is 3.47. The summed E-state index contributed by atoms with van der Waals surface area (Å²) in [6.45, 7) is 13.9. The molecule has 0 N–H and O–H groups in total. The van der Waals surface area contributed by atoms with E-state index >= 15 is 0 Å². The Kier molecular flexibility index (Phi) is 13.1. The first-order valence-corrected chi connectivity index (χ1v) is 11.8. The maximum Gasteiger partial charge on any atom is 0.0745 e. The summed E-state index contributed by atoms with van der Waals surface area (Å²) in [6, 6.07) is 0. The van der Waals surface area contributed by atoms with Crippen LogP contribution in [0.3, 0.4) is 0 Å². The number of ether oxygens (including phenoxy) is 1. The Labute approximate surface area is 124 Å². The van der Waals surface area contributed by atoms with Gasteiger partial charge in [0, 0.05) is 0 Å². The van der Waals surface area contributed by atoms with Crippen LogP contribution in [-0.2, 0) is 4.74 Å². The van der Waals surface area contributed by atoms with E-state index in [2.05, 4.69) is 41.5 Å². The van der Waals surface area contributed by atoms with E-state index in [1.165, 1.54) is 50.3 Å². The van der Waals surface area contributed by atoms with Gasteiger partial charge < -0.3 is 4.74 Å². The lowest BCUT2D eigenvalue weighted by Gasteiger charge is -2.31. The van der Waals surface area contributed by atoms with Gasteiger partial charge in [-0.05, 0) is 38.5 Å². The van der Waals surface area contributed by atoms with E-state index in [9.17, 15) is 0 Å². The molecular weight excluding hydrogens is 270 g/mol. The molecule has 0 radical (unpaired) electrons. The molecule has 0 aliphatic carbocycles. The van der Waals surface area contributed by atoms with Crippen LogP contribution < -0.4 is 0 Å². The molecule has 0 aliphatic heterocycles. The van der Waals surface area contributed by atoms with Crippen molar-refractivity contribution in [3.63, 3.8) is 0 Å². The molecule has 2 unspecified atom stereocenters. The summed E-state index contributed by atoms with van der Waals surface area (Å²) in [4.78, 5) is 0. The molecule has 0 aromatic rings. The van der Waals surface area contributed by atoms with E-state index in [0.29, 0.717) is 11.7 Å². The minimum atomic E-state index is 0.0903. The van der Waals surface area contributed by atoms with Gasteiger partial charge in [-0.2, -0.15) is 0 Å². The summed E-state index contributed by atoms with van der Waals surface area (Å²) < 4.78 is 6.44. The van der Waals surface area contributed by atoms with E-state index in [1.807, 2.05) is 0 Å². The Bertz CT molecular complexity index is 167. The Balaban J connectivity index is 4.34. The van der Waals surface area contributed by atoms with Crippen molar-refractivity contribution in [2.45, 2.75) is 78.9 Å². The van der Waals surface area contributed by atoms with Crippen LogP contribution in [0.1, 0.15) is 67.2 Å². The second kappa shape index (κ2) is 12.6. The number of rotatable bonds is 12. The van der Waals surface area contributed by atoms with Crippen LogP contribution in [0.25, 0.3) is 0 Å². The lowest BCUT2D eigenvalue weighted by atomic mass is 10.6. The first kappa shape index (κ1) is 19.8. The minimum absolute atomic E-state index is 0.0903. The molecule has 0 fully saturated rings. The van der Waals surface area contributed by atoms with Crippen molar-refractivity contribution in [2.24, 2.45) is 0 Å². The zero-order valence-electron chi connectivity index (χ0n) is 14.1. The molecule has 2 atom stereocenters. The van der Waals surface area contributed by atoms with Gasteiger partial charge in [0.05, 0.1) is 11.7 Å². The Morgan fingerprint density at radius 2 is 0.895 bits per heavy atom. The molecule has 0 aromatic heterocycles. The molecule has 0 heterocycles. The lowest BCUT2D eigenvalue weighted by Crippen LogP contribution is -2.18. The van der Waals surface area contributed by atoms with Crippen molar-refractivity contribution < 1.29 is 4.74 Å². The fourth-order valence-electron chi connectivity index (χ4n) is 2.56. The zero-order chi connectivity index (χ0) is 14.7. The molecule has 0 rings (SSSR count). The SMILES string of the molecule is CCCP(CCC)C(C)OC(C)P(CCC)CCC. The van der Waals surface area contributed by atoms with E-state index in [1.54, 1.807) is 0 Å². The average molecular weight is 306 g/mol. The van der Waals surface area contributed by atoms with Gasteiger partial charge in [0.1, 0.15) is 0 Å². The smallest absolute Gasteiger partial charge is 0.0745 e. The van der Waals surface area contributed by atoms with Crippen LogP contribution in [0, 0.1) is 0 Å². The summed E-state index contributed by atoms with van der Waals surface area (Å²) in [6.07, 6.45) is 10.8. The molecule has 0 aliphatic rings. The maximum atomic E-state index is 6.44. The van der Waals surface area contributed by atoms with Crippen molar-refractivity contribution in [3.8, 4) is 0 Å². The molecule has 0 bridgehead atoms. The molecular formula is C16H36OP2. The van der Waals surface area contributed by atoms with Crippen LogP contribution in [-0.4, -0.2) is 36.3 Å². The van der Waals surface area contributed by atoms with Gasteiger partial charge in [-0.15, -0.1) is 0 Å². The molecule has 19 heavy (non-hydrogen) atoms. The van der Waals surface area contributed by atoms with Gasteiger partial charge in [-0.1, -0.05) is 69.2 Å². The predicted molar refractivity (Wildman–Crippen MR) is 94.5 cm³/mol. The van der Waals surface area contributed by atoms with Crippen molar-refractivity contribution in [3.05, 3.63) is 0 Å². The quantitative estimate of drug-likeness (QED) is 0.384. The molecule has 116 valence electrons. The topological polar surface area (TPSA) is 9.23 Å². The second-order valence-corrected chi connectivity index (χ2v) is 11.0. The maximum absolute atomic E-state index is 6.44. The van der Waals surface area contributed by atoms with Crippen molar-refractivity contribution in [2.75, 3.05) is 24.6 Å². The highest BCUT2D eigenvalue weighted by Gasteiger charge is 2.22. The van der Waals surface area contributed by atoms with E-state index in [-0.39, 0.29) is 15.8 Å². The first-order chi connectivity index (χ1) is 9.10. The summed E-state index contributed by atoms with van der Waals surface area (Å²) >= 11 is 0. The van der Waals surface area contributed by atoms with Gasteiger partial charge in [0.2, 0.25) is 0 Å². The Morgan fingerprint density at radius 1 is 0.632 bits per heavy atom. The molecule has 0 saturated heterocycles. The monoisotopic (exact) mass is 306 g/mol. The van der Waals surface area contributed by atoms with Crippen LogP contribution in [0.4, 0.5) is 0 Å². The van der Waals surface area contributed by atoms with Gasteiger partial charge in [0.15, 0.2) is 0 Å². The van der Waals surface area contributed by atoms with Crippen LogP contribution in [0.2, 0.25) is 0 Å². The summed E-state index contributed by atoms with van der Waals surface area (Å²) in [5.74, 6) is 1.01. The van der Waals surface area contributed by atoms with Crippen LogP contribution >= 0.6 is 15.8 Å². The van der Waals surface area contributed by atoms with Gasteiger partial charge >= 0.3 is 0 Å². The fraction of sp³-hybridized carbons (Fsp3) is 1.00. The normalized spacial score (nSPS) is 15.2. The third kappa shape index (κ3) is 8.64. The Hall–Kier alpha value is 0.820. The highest BCUT2D eigenvalue weighted by Crippen LogP contribution is 2.48. The summed E-state index contributed by atoms with van der Waals surface area (Å²) in [7, 11) is 0.181. The Morgan fingerprint density at radius 3 is 1.11 bits per heavy atom. The summed E-state index contributed by atoms with van der Waals surface area (Å²) in [5, 5.41) is 0.